The molecule has 0 aliphatic heterocycles. The SMILES string of the molecule is Cc1nc(C(=O)N(CCNC(=O)c2cccc3occc23)C2CC2)c(-c2ccc(C)c(C)c2)s1. The number of furan rings is 1. The van der Waals surface area contributed by atoms with E-state index in [2.05, 4.69) is 42.3 Å². The molecule has 174 valence electrons. The third-order valence-corrected chi connectivity index (χ3v) is 7.35. The fraction of sp³-hybridized carbons (Fsp3) is 0.296. The molecule has 6 nitrogen and oxygen atoms in total. The Morgan fingerprint density at radius 1 is 1.12 bits per heavy atom. The van der Waals surface area contributed by atoms with E-state index < -0.39 is 0 Å². The second-order valence-corrected chi connectivity index (χ2v) is 10.0. The van der Waals surface area contributed by atoms with Gasteiger partial charge in [0, 0.05) is 24.5 Å². The molecule has 7 heteroatoms. The van der Waals surface area contributed by atoms with Gasteiger partial charge in [0.15, 0.2) is 0 Å². The van der Waals surface area contributed by atoms with Crippen LogP contribution in [0.15, 0.2) is 53.1 Å². The van der Waals surface area contributed by atoms with Crippen molar-refractivity contribution in [1.29, 1.82) is 0 Å². The quantitative estimate of drug-likeness (QED) is 0.384. The normalized spacial score (nSPS) is 13.3. The van der Waals surface area contributed by atoms with Crippen molar-refractivity contribution in [2.45, 2.75) is 39.7 Å². The summed E-state index contributed by atoms with van der Waals surface area (Å²) in [5.74, 6) is -0.234. The lowest BCUT2D eigenvalue weighted by Gasteiger charge is -2.22. The van der Waals surface area contributed by atoms with E-state index in [9.17, 15) is 9.59 Å². The average molecular weight is 474 g/mol. The highest BCUT2D eigenvalue weighted by Crippen LogP contribution is 2.34. The minimum absolute atomic E-state index is 0.0636. The lowest BCUT2D eigenvalue weighted by molar-refractivity contribution is 0.0732. The van der Waals surface area contributed by atoms with Crippen LogP contribution in [-0.2, 0) is 0 Å². The van der Waals surface area contributed by atoms with E-state index in [1.807, 2.05) is 17.9 Å². The van der Waals surface area contributed by atoms with E-state index in [-0.39, 0.29) is 17.9 Å². The van der Waals surface area contributed by atoms with Gasteiger partial charge < -0.3 is 14.6 Å². The molecule has 1 N–H and O–H groups in total. The van der Waals surface area contributed by atoms with Gasteiger partial charge in [0.1, 0.15) is 11.3 Å². The van der Waals surface area contributed by atoms with Gasteiger partial charge in [-0.05, 0) is 68.5 Å². The van der Waals surface area contributed by atoms with E-state index >= 15 is 0 Å². The summed E-state index contributed by atoms with van der Waals surface area (Å²) in [5, 5.41) is 4.63. The average Bonchev–Trinajstić information content (AvgIpc) is 3.40. The summed E-state index contributed by atoms with van der Waals surface area (Å²) in [6.45, 7) is 6.91. The first-order chi connectivity index (χ1) is 16.4. The Labute approximate surface area is 202 Å². The van der Waals surface area contributed by atoms with Crippen LogP contribution in [-0.4, -0.2) is 40.8 Å². The predicted octanol–water partition coefficient (Wildman–Crippen LogP) is 5.52. The van der Waals surface area contributed by atoms with Crippen molar-refractivity contribution in [2.24, 2.45) is 0 Å². The Balaban J connectivity index is 1.32. The summed E-state index contributed by atoms with van der Waals surface area (Å²) >= 11 is 1.55. The fourth-order valence-corrected chi connectivity index (χ4v) is 5.11. The molecule has 0 spiro atoms. The van der Waals surface area contributed by atoms with Gasteiger partial charge in [-0.3, -0.25) is 9.59 Å². The fourth-order valence-electron chi connectivity index (χ4n) is 4.20. The molecule has 2 aromatic heterocycles. The zero-order valence-corrected chi connectivity index (χ0v) is 20.4. The number of fused-ring (bicyclic) bond motifs is 1. The molecule has 2 amide bonds. The number of hydrogen-bond acceptors (Lipinski definition) is 5. The second-order valence-electron chi connectivity index (χ2n) is 8.83. The topological polar surface area (TPSA) is 75.4 Å². The van der Waals surface area contributed by atoms with E-state index in [4.69, 9.17) is 4.42 Å². The maximum atomic E-state index is 13.6. The number of nitrogens with one attached hydrogen (secondary N) is 1. The first kappa shape index (κ1) is 22.3. The van der Waals surface area contributed by atoms with Crippen LogP contribution in [0.25, 0.3) is 21.4 Å². The second kappa shape index (κ2) is 9.06. The minimum atomic E-state index is -0.171. The Morgan fingerprint density at radius 3 is 2.71 bits per heavy atom. The smallest absolute Gasteiger partial charge is 0.274 e. The number of carbonyl (C=O) groups excluding carboxylic acids is 2. The number of thiazole rings is 1. The Kier molecular flexibility index (Phi) is 5.96. The molecule has 4 aromatic rings. The number of nitrogens with zero attached hydrogens (tertiary/aromatic N) is 2. The molecule has 1 fully saturated rings. The largest absolute Gasteiger partial charge is 0.464 e. The van der Waals surface area contributed by atoms with Crippen LogP contribution in [0.5, 0.6) is 0 Å². The van der Waals surface area contributed by atoms with Crippen LogP contribution in [0.3, 0.4) is 0 Å². The van der Waals surface area contributed by atoms with Crippen LogP contribution in [0.2, 0.25) is 0 Å². The molecule has 2 aromatic carbocycles. The number of amides is 2. The number of aromatic nitrogens is 1. The van der Waals surface area contributed by atoms with Crippen LogP contribution < -0.4 is 5.32 Å². The van der Waals surface area contributed by atoms with Crippen LogP contribution in [0.4, 0.5) is 0 Å². The maximum absolute atomic E-state index is 13.6. The molecule has 1 aliphatic rings. The molecule has 0 bridgehead atoms. The molecule has 0 unspecified atom stereocenters. The van der Waals surface area contributed by atoms with Gasteiger partial charge in [0.2, 0.25) is 0 Å². The van der Waals surface area contributed by atoms with Crippen molar-refractivity contribution < 1.29 is 14.0 Å². The summed E-state index contributed by atoms with van der Waals surface area (Å²) < 4.78 is 5.40. The van der Waals surface area contributed by atoms with Crippen molar-refractivity contribution in [3.63, 3.8) is 0 Å². The van der Waals surface area contributed by atoms with Gasteiger partial charge in [0.05, 0.1) is 21.7 Å². The summed E-state index contributed by atoms with van der Waals surface area (Å²) in [5.41, 5.74) is 5.19. The summed E-state index contributed by atoms with van der Waals surface area (Å²) in [4.78, 5) is 33.8. The first-order valence-corrected chi connectivity index (χ1v) is 12.3. The van der Waals surface area contributed by atoms with E-state index in [0.29, 0.717) is 29.9 Å². The van der Waals surface area contributed by atoms with Crippen molar-refractivity contribution in [3.8, 4) is 10.4 Å². The minimum Gasteiger partial charge on any atom is -0.464 e. The Morgan fingerprint density at radius 2 is 1.94 bits per heavy atom. The zero-order valence-electron chi connectivity index (χ0n) is 19.6. The maximum Gasteiger partial charge on any atom is 0.274 e. The van der Waals surface area contributed by atoms with Gasteiger partial charge in [0.25, 0.3) is 11.8 Å². The molecule has 2 heterocycles. The predicted molar refractivity (Wildman–Crippen MR) is 134 cm³/mol. The van der Waals surface area contributed by atoms with Gasteiger partial charge in [-0.25, -0.2) is 4.98 Å². The lowest BCUT2D eigenvalue weighted by Crippen LogP contribution is -2.40. The molecule has 1 aliphatic carbocycles. The monoisotopic (exact) mass is 473 g/mol. The van der Waals surface area contributed by atoms with Crippen molar-refractivity contribution >= 4 is 34.1 Å². The van der Waals surface area contributed by atoms with Crippen molar-refractivity contribution in [1.82, 2.24) is 15.2 Å². The molecule has 5 rings (SSSR count). The van der Waals surface area contributed by atoms with Gasteiger partial charge >= 0.3 is 0 Å². The van der Waals surface area contributed by atoms with E-state index in [1.54, 1.807) is 35.8 Å². The Hall–Kier alpha value is -3.45. The molecular formula is C27H27N3O3S. The molecule has 0 radical (unpaired) electrons. The van der Waals surface area contributed by atoms with Gasteiger partial charge in [-0.15, -0.1) is 11.3 Å². The first-order valence-electron chi connectivity index (χ1n) is 11.5. The lowest BCUT2D eigenvalue weighted by atomic mass is 10.0. The van der Waals surface area contributed by atoms with Crippen molar-refractivity contribution in [3.05, 3.63) is 76.1 Å². The van der Waals surface area contributed by atoms with Crippen LogP contribution in [0, 0.1) is 20.8 Å². The number of rotatable bonds is 7. The van der Waals surface area contributed by atoms with Crippen molar-refractivity contribution in [2.75, 3.05) is 13.1 Å². The highest BCUT2D eigenvalue weighted by Gasteiger charge is 2.35. The van der Waals surface area contributed by atoms with E-state index in [0.717, 1.165) is 33.7 Å². The van der Waals surface area contributed by atoms with Gasteiger partial charge in [-0.1, -0.05) is 24.3 Å². The number of carbonyl (C=O) groups is 2. The number of hydrogen-bond donors (Lipinski definition) is 1. The highest BCUT2D eigenvalue weighted by atomic mass is 32.1. The van der Waals surface area contributed by atoms with Gasteiger partial charge in [-0.2, -0.15) is 0 Å². The molecular weight excluding hydrogens is 446 g/mol. The molecule has 0 saturated heterocycles. The molecule has 34 heavy (non-hydrogen) atoms. The summed E-state index contributed by atoms with van der Waals surface area (Å²) in [6, 6.07) is 13.7. The number of aryl methyl sites for hydroxylation is 3. The van der Waals surface area contributed by atoms with E-state index in [1.165, 1.54) is 11.1 Å². The number of benzene rings is 2. The Bertz CT molecular complexity index is 1380. The summed E-state index contributed by atoms with van der Waals surface area (Å²) in [7, 11) is 0. The third kappa shape index (κ3) is 4.35. The van der Waals surface area contributed by atoms with Crippen LogP contribution >= 0.6 is 11.3 Å². The zero-order chi connectivity index (χ0) is 23.8. The summed E-state index contributed by atoms with van der Waals surface area (Å²) in [6.07, 6.45) is 3.55. The third-order valence-electron chi connectivity index (χ3n) is 6.33. The highest BCUT2D eigenvalue weighted by molar-refractivity contribution is 7.15. The standard InChI is InChI=1S/C27H27N3O3S/c1-16-7-8-19(15-17(16)2)25-24(29-18(3)34-25)27(32)30(20-9-10-20)13-12-28-26(31)22-5-4-6-23-21(22)11-14-33-23/h4-8,11,14-15,20H,9-10,12-13H2,1-3H3,(H,28,31). The molecule has 0 atom stereocenters. The molecule has 1 saturated carbocycles. The van der Waals surface area contributed by atoms with Crippen LogP contribution in [0.1, 0.15) is 49.8 Å².